The van der Waals surface area contributed by atoms with Crippen molar-refractivity contribution in [3.05, 3.63) is 102 Å². The largest absolute Gasteiger partial charge is 0.480 e. The molecule has 228 valence electrons. The SMILES string of the molecule is CCS(=O)(=O)Nc1cc2oc(-c3ccc(F)cc3)c(C(=O)NC)c2cc1-c1cccc(-c2cc3ccccc3n2CC(=O)O)c1. The first-order valence-electron chi connectivity index (χ1n) is 14.1. The highest BCUT2D eigenvalue weighted by Crippen LogP contribution is 2.41. The van der Waals surface area contributed by atoms with Gasteiger partial charge in [-0.15, -0.1) is 0 Å². The van der Waals surface area contributed by atoms with Gasteiger partial charge in [-0.1, -0.05) is 36.4 Å². The van der Waals surface area contributed by atoms with E-state index in [0.29, 0.717) is 33.3 Å². The predicted octanol–water partition coefficient (Wildman–Crippen LogP) is 6.73. The van der Waals surface area contributed by atoms with Gasteiger partial charge in [-0.05, 0) is 66.6 Å². The Bertz CT molecular complexity index is 2220. The third kappa shape index (κ3) is 5.65. The van der Waals surface area contributed by atoms with Gasteiger partial charge >= 0.3 is 5.97 Å². The molecule has 11 heteroatoms. The summed E-state index contributed by atoms with van der Waals surface area (Å²) >= 11 is 0. The second-order valence-corrected chi connectivity index (χ2v) is 12.5. The lowest BCUT2D eigenvalue weighted by molar-refractivity contribution is -0.137. The Morgan fingerprint density at radius 1 is 0.911 bits per heavy atom. The number of carbonyl (C=O) groups excluding carboxylic acids is 1. The van der Waals surface area contributed by atoms with Crippen molar-refractivity contribution in [1.29, 1.82) is 0 Å². The summed E-state index contributed by atoms with van der Waals surface area (Å²) in [6, 6.07) is 25.5. The number of halogens is 1. The third-order valence-corrected chi connectivity index (χ3v) is 8.90. The molecule has 0 spiro atoms. The minimum atomic E-state index is -3.73. The highest BCUT2D eigenvalue weighted by molar-refractivity contribution is 7.92. The molecule has 0 saturated heterocycles. The van der Waals surface area contributed by atoms with E-state index < -0.39 is 27.7 Å². The molecule has 0 aliphatic heterocycles. The fourth-order valence-corrected chi connectivity index (χ4v) is 6.11. The molecule has 6 rings (SSSR count). The third-order valence-electron chi connectivity index (χ3n) is 7.61. The number of furan rings is 1. The van der Waals surface area contributed by atoms with Crippen molar-refractivity contribution >= 4 is 49.5 Å². The number of hydrogen-bond acceptors (Lipinski definition) is 5. The molecule has 2 aromatic heterocycles. The van der Waals surface area contributed by atoms with Gasteiger partial charge < -0.3 is 19.4 Å². The molecular weight excluding hydrogens is 597 g/mol. The molecular formula is C34H28FN3O6S. The van der Waals surface area contributed by atoms with E-state index in [9.17, 15) is 27.5 Å². The number of hydrogen-bond donors (Lipinski definition) is 3. The number of amides is 1. The lowest BCUT2D eigenvalue weighted by Crippen LogP contribution is -2.18. The Hall–Kier alpha value is -5.42. The van der Waals surface area contributed by atoms with E-state index in [0.717, 1.165) is 10.9 Å². The number of nitrogens with zero attached hydrogens (tertiary/aromatic N) is 1. The molecule has 9 nitrogen and oxygen atoms in total. The second-order valence-electron chi connectivity index (χ2n) is 10.4. The fraction of sp³-hybridized carbons (Fsp3) is 0.118. The summed E-state index contributed by atoms with van der Waals surface area (Å²) < 4.78 is 49.8. The summed E-state index contributed by atoms with van der Waals surface area (Å²) in [4.78, 5) is 25.0. The van der Waals surface area contributed by atoms with Crippen LogP contribution in [0.5, 0.6) is 0 Å². The Morgan fingerprint density at radius 2 is 1.64 bits per heavy atom. The molecule has 6 aromatic rings. The van der Waals surface area contributed by atoms with Crippen LogP contribution in [-0.4, -0.2) is 42.8 Å². The van der Waals surface area contributed by atoms with E-state index in [1.165, 1.54) is 44.3 Å². The van der Waals surface area contributed by atoms with Gasteiger partial charge in [-0.25, -0.2) is 12.8 Å². The first-order valence-corrected chi connectivity index (χ1v) is 15.7. The summed E-state index contributed by atoms with van der Waals surface area (Å²) in [5.74, 6) is -1.85. The first kappa shape index (κ1) is 29.6. The lowest BCUT2D eigenvalue weighted by atomic mass is 9.97. The Morgan fingerprint density at radius 3 is 2.36 bits per heavy atom. The van der Waals surface area contributed by atoms with Crippen LogP contribution in [0.3, 0.4) is 0 Å². The van der Waals surface area contributed by atoms with Gasteiger partial charge in [0.05, 0.1) is 17.0 Å². The number of sulfonamides is 1. The highest BCUT2D eigenvalue weighted by atomic mass is 32.2. The van der Waals surface area contributed by atoms with Crippen LogP contribution in [0.25, 0.3) is 55.6 Å². The van der Waals surface area contributed by atoms with Crippen molar-refractivity contribution in [2.45, 2.75) is 13.5 Å². The molecule has 0 atom stereocenters. The maximum Gasteiger partial charge on any atom is 0.323 e. The molecule has 2 heterocycles. The summed E-state index contributed by atoms with van der Waals surface area (Å²) in [6.07, 6.45) is 0. The van der Waals surface area contributed by atoms with E-state index in [4.69, 9.17) is 4.42 Å². The van der Waals surface area contributed by atoms with Gasteiger partial charge in [0.2, 0.25) is 10.0 Å². The molecule has 4 aromatic carbocycles. The van der Waals surface area contributed by atoms with Crippen LogP contribution >= 0.6 is 0 Å². The minimum absolute atomic E-state index is 0.178. The van der Waals surface area contributed by atoms with E-state index >= 15 is 0 Å². The summed E-state index contributed by atoms with van der Waals surface area (Å²) in [6.45, 7) is 1.27. The number of carboxylic acid groups (broad SMARTS) is 1. The Kier molecular flexibility index (Phi) is 7.63. The van der Waals surface area contributed by atoms with Crippen LogP contribution in [-0.2, 0) is 21.4 Å². The van der Waals surface area contributed by atoms with Crippen molar-refractivity contribution in [3.8, 4) is 33.7 Å². The number of anilines is 1. The summed E-state index contributed by atoms with van der Waals surface area (Å²) in [5, 5.41) is 13.6. The molecule has 0 bridgehead atoms. The van der Waals surface area contributed by atoms with Crippen molar-refractivity contribution in [2.24, 2.45) is 0 Å². The molecule has 0 fully saturated rings. The van der Waals surface area contributed by atoms with Gasteiger partial charge in [0, 0.05) is 46.2 Å². The van der Waals surface area contributed by atoms with Crippen LogP contribution < -0.4 is 10.0 Å². The Labute approximate surface area is 258 Å². The van der Waals surface area contributed by atoms with Crippen molar-refractivity contribution in [3.63, 3.8) is 0 Å². The molecule has 0 radical (unpaired) electrons. The molecule has 3 N–H and O–H groups in total. The van der Waals surface area contributed by atoms with Crippen molar-refractivity contribution in [2.75, 3.05) is 17.5 Å². The monoisotopic (exact) mass is 625 g/mol. The molecule has 0 unspecified atom stereocenters. The number of fused-ring (bicyclic) bond motifs is 2. The number of para-hydroxylation sites is 1. The van der Waals surface area contributed by atoms with Crippen LogP contribution in [0.4, 0.5) is 10.1 Å². The smallest absolute Gasteiger partial charge is 0.323 e. The van der Waals surface area contributed by atoms with Gasteiger partial charge in [-0.2, -0.15) is 0 Å². The van der Waals surface area contributed by atoms with Gasteiger partial charge in [0.25, 0.3) is 5.91 Å². The van der Waals surface area contributed by atoms with E-state index in [2.05, 4.69) is 10.0 Å². The zero-order valence-corrected chi connectivity index (χ0v) is 25.1. The average molecular weight is 626 g/mol. The number of aliphatic carboxylic acids is 1. The van der Waals surface area contributed by atoms with Crippen LogP contribution in [0.15, 0.2) is 95.4 Å². The van der Waals surface area contributed by atoms with Crippen molar-refractivity contribution in [1.82, 2.24) is 9.88 Å². The first-order chi connectivity index (χ1) is 21.6. The number of aromatic nitrogens is 1. The molecule has 1 amide bonds. The number of rotatable bonds is 9. The number of carbonyl (C=O) groups is 2. The maximum absolute atomic E-state index is 13.7. The lowest BCUT2D eigenvalue weighted by Gasteiger charge is -2.14. The highest BCUT2D eigenvalue weighted by Gasteiger charge is 2.25. The summed E-state index contributed by atoms with van der Waals surface area (Å²) in [7, 11) is -2.25. The zero-order chi connectivity index (χ0) is 31.9. The van der Waals surface area contributed by atoms with E-state index in [1.54, 1.807) is 22.8 Å². The number of benzene rings is 4. The molecule has 0 saturated carbocycles. The average Bonchev–Trinajstić information content (AvgIpc) is 3.58. The summed E-state index contributed by atoms with van der Waals surface area (Å²) in [5.41, 5.74) is 4.39. The Balaban J connectivity index is 1.60. The molecule has 0 aliphatic rings. The van der Waals surface area contributed by atoms with Gasteiger partial charge in [0.1, 0.15) is 23.7 Å². The zero-order valence-electron chi connectivity index (χ0n) is 24.3. The molecule has 0 aliphatic carbocycles. The van der Waals surface area contributed by atoms with Crippen LogP contribution in [0.2, 0.25) is 0 Å². The minimum Gasteiger partial charge on any atom is -0.480 e. The van der Waals surface area contributed by atoms with E-state index in [1.807, 2.05) is 42.5 Å². The fourth-order valence-electron chi connectivity index (χ4n) is 5.46. The maximum atomic E-state index is 13.7. The second kappa shape index (κ2) is 11.6. The predicted molar refractivity (Wildman–Crippen MR) is 172 cm³/mol. The number of nitrogens with one attached hydrogen (secondary N) is 2. The number of carboxylic acids is 1. The van der Waals surface area contributed by atoms with Crippen LogP contribution in [0.1, 0.15) is 17.3 Å². The van der Waals surface area contributed by atoms with Crippen molar-refractivity contribution < 1.29 is 31.9 Å². The van der Waals surface area contributed by atoms with Gasteiger partial charge in [-0.3, -0.25) is 14.3 Å². The molecule has 45 heavy (non-hydrogen) atoms. The van der Waals surface area contributed by atoms with Gasteiger partial charge in [0.15, 0.2) is 0 Å². The normalized spacial score (nSPS) is 11.6. The standard InChI is InChI=1S/C34H28FN3O6S/c1-3-45(42,43)37-27-18-30-26(32(34(41)36-2)33(44-30)20-11-13-24(35)14-12-20)17-25(27)21-8-6-9-22(15-21)29-16-23-7-4-5-10-28(23)38(29)19-31(39)40/h4-18,37H,3,19H2,1-2H3,(H,36,41)(H,39,40). The van der Waals surface area contributed by atoms with E-state index in [-0.39, 0.29) is 34.9 Å². The topological polar surface area (TPSA) is 131 Å². The van der Waals surface area contributed by atoms with Crippen LogP contribution in [0, 0.1) is 5.82 Å². The quantitative estimate of drug-likeness (QED) is 0.163.